The molecule has 1 aliphatic carbocycles. The van der Waals surface area contributed by atoms with Gasteiger partial charge in [0.25, 0.3) is 0 Å². The molecule has 0 aliphatic heterocycles. The molecule has 0 spiro atoms. The maximum absolute atomic E-state index is 14.1. The minimum absolute atomic E-state index is 0.000393. The van der Waals surface area contributed by atoms with Gasteiger partial charge in [-0.15, -0.1) is 0 Å². The first-order chi connectivity index (χ1) is 16.4. The van der Waals surface area contributed by atoms with E-state index in [2.05, 4.69) is 17.6 Å². The molecule has 3 amide bonds. The van der Waals surface area contributed by atoms with E-state index in [-0.39, 0.29) is 29.8 Å². The molecule has 0 aromatic heterocycles. The Morgan fingerprint density at radius 1 is 1.09 bits per heavy atom. The van der Waals surface area contributed by atoms with Crippen LogP contribution in [0.25, 0.3) is 0 Å². The molecule has 35 heavy (non-hydrogen) atoms. The highest BCUT2D eigenvalue weighted by Crippen LogP contribution is 2.37. The third kappa shape index (κ3) is 8.25. The van der Waals surface area contributed by atoms with Gasteiger partial charge in [-0.2, -0.15) is 0 Å². The lowest BCUT2D eigenvalue weighted by molar-refractivity contribution is -0.144. The van der Waals surface area contributed by atoms with Crippen molar-refractivity contribution in [3.63, 3.8) is 0 Å². The molecular weight excluding hydrogens is 442 g/mol. The van der Waals surface area contributed by atoms with E-state index in [9.17, 15) is 14.4 Å². The van der Waals surface area contributed by atoms with Gasteiger partial charge in [-0.25, -0.2) is 4.79 Å². The maximum atomic E-state index is 14.1. The Morgan fingerprint density at radius 3 is 2.23 bits per heavy atom. The maximum Gasteiger partial charge on any atom is 0.408 e. The number of carbonyl (C=O) groups is 3. The summed E-state index contributed by atoms with van der Waals surface area (Å²) >= 11 is 0. The van der Waals surface area contributed by atoms with Gasteiger partial charge in [0, 0.05) is 12.1 Å². The van der Waals surface area contributed by atoms with E-state index in [1.54, 1.807) is 25.7 Å². The Balaban J connectivity index is 2.47. The van der Waals surface area contributed by atoms with Crippen LogP contribution in [0.1, 0.15) is 97.7 Å². The topological polar surface area (TPSA) is 87.7 Å². The lowest BCUT2D eigenvalue weighted by Gasteiger charge is -2.37. The second-order valence-electron chi connectivity index (χ2n) is 10.9. The second kappa shape index (κ2) is 12.4. The smallest absolute Gasteiger partial charge is 0.408 e. The number of hydrogen-bond donors (Lipinski definition) is 2. The van der Waals surface area contributed by atoms with Crippen LogP contribution in [0.5, 0.6) is 0 Å². The highest BCUT2D eigenvalue weighted by Gasteiger charge is 2.45. The van der Waals surface area contributed by atoms with Crippen LogP contribution in [0.15, 0.2) is 24.3 Å². The first-order valence-corrected chi connectivity index (χ1v) is 13.1. The van der Waals surface area contributed by atoms with Gasteiger partial charge in [-0.05, 0) is 70.9 Å². The molecule has 4 atom stereocenters. The van der Waals surface area contributed by atoms with Gasteiger partial charge in [0.15, 0.2) is 0 Å². The molecule has 0 bridgehead atoms. The third-order valence-electron chi connectivity index (χ3n) is 6.47. The molecule has 1 aliphatic rings. The van der Waals surface area contributed by atoms with Crippen molar-refractivity contribution in [1.29, 1.82) is 0 Å². The Labute approximate surface area is 211 Å². The quantitative estimate of drug-likeness (QED) is 0.445. The molecule has 0 heterocycles. The van der Waals surface area contributed by atoms with Crippen LogP contribution in [0.4, 0.5) is 4.79 Å². The van der Waals surface area contributed by atoms with Gasteiger partial charge in [0.2, 0.25) is 11.8 Å². The van der Waals surface area contributed by atoms with E-state index in [0.717, 1.165) is 36.8 Å². The molecule has 1 saturated carbocycles. The van der Waals surface area contributed by atoms with Gasteiger partial charge in [-0.1, -0.05) is 57.9 Å². The zero-order valence-corrected chi connectivity index (χ0v) is 22.8. The first-order valence-electron chi connectivity index (χ1n) is 13.1. The molecule has 2 rings (SSSR count). The van der Waals surface area contributed by atoms with Crippen LogP contribution < -0.4 is 10.6 Å². The summed E-state index contributed by atoms with van der Waals surface area (Å²) < 4.78 is 5.46. The van der Waals surface area contributed by atoms with Crippen LogP contribution in [0.2, 0.25) is 0 Å². The molecule has 7 nitrogen and oxygen atoms in total. The average Bonchev–Trinajstić information content (AvgIpc) is 3.59. The normalized spacial score (nSPS) is 17.0. The zero-order valence-electron chi connectivity index (χ0n) is 22.8. The Hall–Kier alpha value is -2.57. The van der Waals surface area contributed by atoms with Crippen LogP contribution in [-0.2, 0) is 14.3 Å². The Morgan fingerprint density at radius 2 is 1.71 bits per heavy atom. The molecule has 1 fully saturated rings. The first kappa shape index (κ1) is 28.7. The predicted molar refractivity (Wildman–Crippen MR) is 139 cm³/mol. The number of ether oxygens (including phenoxy) is 1. The molecular formula is C28H45N3O4. The number of nitrogens with zero attached hydrogens (tertiary/aromatic N) is 1. The summed E-state index contributed by atoms with van der Waals surface area (Å²) in [4.78, 5) is 42.2. The predicted octanol–water partition coefficient (Wildman–Crippen LogP) is 5.27. The monoisotopic (exact) mass is 487 g/mol. The van der Waals surface area contributed by atoms with Crippen molar-refractivity contribution in [2.24, 2.45) is 5.92 Å². The number of rotatable bonds is 11. The molecule has 2 N–H and O–H groups in total. The molecule has 0 saturated heterocycles. The molecule has 196 valence electrons. The van der Waals surface area contributed by atoms with E-state index in [0.29, 0.717) is 6.42 Å². The van der Waals surface area contributed by atoms with E-state index in [1.165, 1.54) is 0 Å². The van der Waals surface area contributed by atoms with Gasteiger partial charge in [0.05, 0.1) is 0 Å². The summed E-state index contributed by atoms with van der Waals surface area (Å²) in [5.74, 6) is -0.546. The van der Waals surface area contributed by atoms with Crippen molar-refractivity contribution in [3.8, 4) is 0 Å². The molecule has 0 radical (unpaired) electrons. The summed E-state index contributed by atoms with van der Waals surface area (Å²) in [7, 11) is 0. The Kier molecular flexibility index (Phi) is 10.2. The van der Waals surface area contributed by atoms with Crippen LogP contribution in [-0.4, -0.2) is 46.5 Å². The standard InChI is InChI=1S/C28H45N3O4/c1-9-13-20(5)29-25(32)24(22-15-12-11-14-19(22)4)31(21-16-17-21)26(33)23(18(3)10-2)30-27(34)35-28(6,7)8/h11-12,14-15,18,20-21,23-24H,9-10,13,16-17H2,1-8H3,(H,29,32)(H,30,34). The van der Waals surface area contributed by atoms with E-state index in [4.69, 9.17) is 4.74 Å². The summed E-state index contributed by atoms with van der Waals surface area (Å²) in [6.45, 7) is 15.3. The summed E-state index contributed by atoms with van der Waals surface area (Å²) in [5.41, 5.74) is 1.09. The van der Waals surface area contributed by atoms with Crippen molar-refractivity contribution in [2.45, 2.75) is 117 Å². The number of nitrogens with one attached hydrogen (secondary N) is 2. The fourth-order valence-corrected chi connectivity index (χ4v) is 4.29. The van der Waals surface area contributed by atoms with Gasteiger partial charge in [0.1, 0.15) is 17.7 Å². The third-order valence-corrected chi connectivity index (χ3v) is 6.47. The second-order valence-corrected chi connectivity index (χ2v) is 10.9. The largest absolute Gasteiger partial charge is 0.444 e. The lowest BCUT2D eigenvalue weighted by atomic mass is 9.94. The molecule has 7 heteroatoms. The minimum atomic E-state index is -0.789. The zero-order chi connectivity index (χ0) is 26.3. The average molecular weight is 488 g/mol. The van der Waals surface area contributed by atoms with Crippen molar-refractivity contribution in [2.75, 3.05) is 0 Å². The fraction of sp³-hybridized carbons (Fsp3) is 0.679. The molecule has 4 unspecified atom stereocenters. The van der Waals surface area contributed by atoms with Crippen LogP contribution in [0.3, 0.4) is 0 Å². The SMILES string of the molecule is CCCC(C)NC(=O)C(c1ccccc1C)N(C(=O)C(NC(=O)OC(C)(C)C)C(C)CC)C1CC1. The molecule has 1 aromatic carbocycles. The highest BCUT2D eigenvalue weighted by atomic mass is 16.6. The van der Waals surface area contributed by atoms with Crippen molar-refractivity contribution in [1.82, 2.24) is 15.5 Å². The highest BCUT2D eigenvalue weighted by molar-refractivity contribution is 5.93. The number of alkyl carbamates (subject to hydrolysis) is 1. The number of carbonyl (C=O) groups excluding carboxylic acids is 3. The minimum Gasteiger partial charge on any atom is -0.444 e. The van der Waals surface area contributed by atoms with Crippen molar-refractivity contribution in [3.05, 3.63) is 35.4 Å². The number of hydrogen-bond acceptors (Lipinski definition) is 4. The van der Waals surface area contributed by atoms with Gasteiger partial charge >= 0.3 is 6.09 Å². The lowest BCUT2D eigenvalue weighted by Crippen LogP contribution is -2.56. The van der Waals surface area contributed by atoms with Crippen molar-refractivity contribution < 1.29 is 19.1 Å². The molecule has 1 aromatic rings. The summed E-state index contributed by atoms with van der Waals surface area (Å²) in [5, 5.41) is 5.96. The van der Waals surface area contributed by atoms with Gasteiger partial charge < -0.3 is 20.3 Å². The fourth-order valence-electron chi connectivity index (χ4n) is 4.29. The summed E-state index contributed by atoms with van der Waals surface area (Å²) in [6, 6.07) is 6.14. The van der Waals surface area contributed by atoms with E-state index < -0.39 is 23.8 Å². The number of amides is 3. The van der Waals surface area contributed by atoms with Crippen LogP contribution >= 0.6 is 0 Å². The van der Waals surface area contributed by atoms with Gasteiger partial charge in [-0.3, -0.25) is 9.59 Å². The number of aryl methyl sites for hydroxylation is 1. The summed E-state index contributed by atoms with van der Waals surface area (Å²) in [6.07, 6.45) is 3.56. The number of benzene rings is 1. The van der Waals surface area contributed by atoms with Crippen LogP contribution in [0, 0.1) is 12.8 Å². The van der Waals surface area contributed by atoms with E-state index >= 15 is 0 Å². The van der Waals surface area contributed by atoms with E-state index in [1.807, 2.05) is 52.0 Å². The Bertz CT molecular complexity index is 875. The van der Waals surface area contributed by atoms with Crippen molar-refractivity contribution >= 4 is 17.9 Å².